The van der Waals surface area contributed by atoms with E-state index in [-0.39, 0.29) is 5.91 Å². The highest BCUT2D eigenvalue weighted by Gasteiger charge is 2.22. The van der Waals surface area contributed by atoms with Crippen molar-refractivity contribution in [2.45, 2.75) is 25.7 Å². The molecule has 0 aliphatic carbocycles. The lowest BCUT2D eigenvalue weighted by Crippen LogP contribution is -2.40. The van der Waals surface area contributed by atoms with Crippen LogP contribution in [0.3, 0.4) is 0 Å². The number of methoxy groups -OCH3 is 1. The standard InChI is InChI=1S/C17H25N3O2/c1-22-16-11-14-5-9-19(8-4-13(14)10-15(16)18)12-17(21)20-6-2-3-7-20/h10-11H,2-9,12,18H2,1H3. The summed E-state index contributed by atoms with van der Waals surface area (Å²) in [5, 5.41) is 0. The minimum absolute atomic E-state index is 0.278. The molecule has 0 radical (unpaired) electrons. The first-order chi connectivity index (χ1) is 10.7. The lowest BCUT2D eigenvalue weighted by atomic mass is 10.0. The number of anilines is 1. The highest BCUT2D eigenvalue weighted by atomic mass is 16.5. The SMILES string of the molecule is COc1cc2c(cc1N)CCN(CC(=O)N1CCCC1)CC2. The Morgan fingerprint density at radius 2 is 1.77 bits per heavy atom. The van der Waals surface area contributed by atoms with Crippen LogP contribution in [0.25, 0.3) is 0 Å². The van der Waals surface area contributed by atoms with Gasteiger partial charge in [0, 0.05) is 26.2 Å². The Kier molecular flexibility index (Phi) is 4.52. The van der Waals surface area contributed by atoms with Crippen LogP contribution in [-0.4, -0.2) is 55.5 Å². The molecule has 3 rings (SSSR count). The number of carbonyl (C=O) groups excluding carboxylic acids is 1. The quantitative estimate of drug-likeness (QED) is 0.855. The molecule has 1 fully saturated rings. The number of nitrogens with two attached hydrogens (primary N) is 1. The minimum atomic E-state index is 0.278. The summed E-state index contributed by atoms with van der Waals surface area (Å²) in [4.78, 5) is 16.6. The van der Waals surface area contributed by atoms with E-state index in [2.05, 4.69) is 11.0 Å². The zero-order chi connectivity index (χ0) is 15.5. The number of ether oxygens (including phenoxy) is 1. The lowest BCUT2D eigenvalue weighted by molar-refractivity contribution is -0.131. The van der Waals surface area contributed by atoms with E-state index in [1.54, 1.807) is 7.11 Å². The second-order valence-electron chi connectivity index (χ2n) is 6.23. The number of fused-ring (bicyclic) bond motifs is 1. The molecule has 0 bridgehead atoms. The molecule has 2 N–H and O–H groups in total. The molecule has 2 aliphatic heterocycles. The van der Waals surface area contributed by atoms with Crippen LogP contribution in [0.15, 0.2) is 12.1 Å². The number of carbonyl (C=O) groups is 1. The van der Waals surface area contributed by atoms with Crippen LogP contribution in [-0.2, 0) is 17.6 Å². The van der Waals surface area contributed by atoms with Gasteiger partial charge in [0.1, 0.15) is 5.75 Å². The maximum Gasteiger partial charge on any atom is 0.236 e. The van der Waals surface area contributed by atoms with Crippen LogP contribution in [0.2, 0.25) is 0 Å². The molecule has 0 aromatic heterocycles. The number of benzene rings is 1. The van der Waals surface area contributed by atoms with Gasteiger partial charge in [-0.15, -0.1) is 0 Å². The number of nitrogens with zero attached hydrogens (tertiary/aromatic N) is 2. The number of hydrogen-bond acceptors (Lipinski definition) is 4. The fourth-order valence-corrected chi connectivity index (χ4v) is 3.41. The normalized spacial score (nSPS) is 18.9. The van der Waals surface area contributed by atoms with Crippen LogP contribution in [0, 0.1) is 0 Å². The Bertz CT molecular complexity index is 553. The number of nitrogen functional groups attached to an aromatic ring is 1. The van der Waals surface area contributed by atoms with E-state index < -0.39 is 0 Å². The number of rotatable bonds is 3. The Morgan fingerprint density at radius 1 is 1.14 bits per heavy atom. The van der Waals surface area contributed by atoms with Gasteiger partial charge in [-0.2, -0.15) is 0 Å². The number of likely N-dealkylation sites (tertiary alicyclic amines) is 1. The maximum absolute atomic E-state index is 12.3. The van der Waals surface area contributed by atoms with E-state index in [1.807, 2.05) is 11.0 Å². The predicted molar refractivity (Wildman–Crippen MR) is 87.1 cm³/mol. The molecule has 0 saturated carbocycles. The summed E-state index contributed by atoms with van der Waals surface area (Å²) in [6.45, 7) is 4.24. The molecule has 1 aromatic carbocycles. The van der Waals surface area contributed by atoms with E-state index in [0.717, 1.165) is 57.6 Å². The number of amides is 1. The summed E-state index contributed by atoms with van der Waals surface area (Å²) in [5.41, 5.74) is 9.28. The van der Waals surface area contributed by atoms with Crippen molar-refractivity contribution in [3.05, 3.63) is 23.3 Å². The van der Waals surface area contributed by atoms with Gasteiger partial charge in [-0.05, 0) is 48.9 Å². The van der Waals surface area contributed by atoms with Crippen LogP contribution in [0.4, 0.5) is 5.69 Å². The van der Waals surface area contributed by atoms with Gasteiger partial charge in [-0.1, -0.05) is 0 Å². The van der Waals surface area contributed by atoms with Gasteiger partial charge in [0.2, 0.25) is 5.91 Å². The summed E-state index contributed by atoms with van der Waals surface area (Å²) in [6, 6.07) is 4.08. The molecule has 1 amide bonds. The fourth-order valence-electron chi connectivity index (χ4n) is 3.41. The maximum atomic E-state index is 12.3. The Morgan fingerprint density at radius 3 is 2.41 bits per heavy atom. The Balaban J connectivity index is 1.64. The van der Waals surface area contributed by atoms with E-state index in [1.165, 1.54) is 11.1 Å². The molecule has 5 heteroatoms. The summed E-state index contributed by atoms with van der Waals surface area (Å²) < 4.78 is 5.31. The fraction of sp³-hybridized carbons (Fsp3) is 0.588. The third-order valence-corrected chi connectivity index (χ3v) is 4.76. The largest absolute Gasteiger partial charge is 0.495 e. The first kappa shape index (κ1) is 15.2. The molecular weight excluding hydrogens is 278 g/mol. The van der Waals surface area contributed by atoms with Gasteiger partial charge in [-0.3, -0.25) is 9.69 Å². The van der Waals surface area contributed by atoms with Crippen molar-refractivity contribution in [1.82, 2.24) is 9.80 Å². The molecule has 5 nitrogen and oxygen atoms in total. The van der Waals surface area contributed by atoms with Gasteiger partial charge < -0.3 is 15.4 Å². The van der Waals surface area contributed by atoms with E-state index in [0.29, 0.717) is 12.2 Å². The molecule has 2 aliphatic rings. The molecule has 0 spiro atoms. The molecule has 2 heterocycles. The van der Waals surface area contributed by atoms with Gasteiger partial charge in [0.25, 0.3) is 0 Å². The van der Waals surface area contributed by atoms with Crippen LogP contribution in [0.5, 0.6) is 5.75 Å². The highest BCUT2D eigenvalue weighted by Crippen LogP contribution is 2.28. The van der Waals surface area contributed by atoms with Crippen molar-refractivity contribution in [2.75, 3.05) is 45.6 Å². The predicted octanol–water partition coefficient (Wildman–Crippen LogP) is 1.30. The zero-order valence-corrected chi connectivity index (χ0v) is 13.3. The van der Waals surface area contributed by atoms with Crippen molar-refractivity contribution in [3.63, 3.8) is 0 Å². The highest BCUT2D eigenvalue weighted by molar-refractivity contribution is 5.78. The van der Waals surface area contributed by atoms with E-state index in [4.69, 9.17) is 10.5 Å². The Hall–Kier alpha value is -1.75. The third-order valence-electron chi connectivity index (χ3n) is 4.76. The summed E-state index contributed by atoms with van der Waals surface area (Å²) >= 11 is 0. The second kappa shape index (κ2) is 6.57. The molecular formula is C17H25N3O2. The van der Waals surface area contributed by atoms with Crippen LogP contribution >= 0.6 is 0 Å². The van der Waals surface area contributed by atoms with Gasteiger partial charge in [-0.25, -0.2) is 0 Å². The van der Waals surface area contributed by atoms with Crippen molar-refractivity contribution in [1.29, 1.82) is 0 Å². The van der Waals surface area contributed by atoms with Gasteiger partial charge in [0.05, 0.1) is 19.3 Å². The second-order valence-corrected chi connectivity index (χ2v) is 6.23. The monoisotopic (exact) mass is 303 g/mol. The van der Waals surface area contributed by atoms with Crippen LogP contribution < -0.4 is 10.5 Å². The van der Waals surface area contributed by atoms with Crippen molar-refractivity contribution < 1.29 is 9.53 Å². The zero-order valence-electron chi connectivity index (χ0n) is 13.3. The topological polar surface area (TPSA) is 58.8 Å². The number of hydrogen-bond donors (Lipinski definition) is 1. The summed E-state index contributed by atoms with van der Waals surface area (Å²) in [7, 11) is 1.65. The molecule has 0 atom stereocenters. The van der Waals surface area contributed by atoms with Crippen LogP contribution in [0.1, 0.15) is 24.0 Å². The van der Waals surface area contributed by atoms with E-state index >= 15 is 0 Å². The van der Waals surface area contributed by atoms with Gasteiger partial charge >= 0.3 is 0 Å². The first-order valence-electron chi connectivity index (χ1n) is 8.13. The van der Waals surface area contributed by atoms with E-state index in [9.17, 15) is 4.79 Å². The van der Waals surface area contributed by atoms with Crippen molar-refractivity contribution in [2.24, 2.45) is 0 Å². The Labute approximate surface area is 132 Å². The molecule has 120 valence electrons. The molecule has 22 heavy (non-hydrogen) atoms. The smallest absolute Gasteiger partial charge is 0.236 e. The minimum Gasteiger partial charge on any atom is -0.495 e. The van der Waals surface area contributed by atoms with Gasteiger partial charge in [0.15, 0.2) is 0 Å². The third kappa shape index (κ3) is 3.19. The summed E-state index contributed by atoms with van der Waals surface area (Å²) in [5.74, 6) is 1.03. The molecule has 1 saturated heterocycles. The van der Waals surface area contributed by atoms with Crippen molar-refractivity contribution >= 4 is 11.6 Å². The summed E-state index contributed by atoms with van der Waals surface area (Å²) in [6.07, 6.45) is 4.18. The average molecular weight is 303 g/mol. The average Bonchev–Trinajstić information content (AvgIpc) is 2.98. The molecule has 0 unspecified atom stereocenters. The molecule has 1 aromatic rings. The first-order valence-corrected chi connectivity index (χ1v) is 8.13. The lowest BCUT2D eigenvalue weighted by Gasteiger charge is -2.23. The van der Waals surface area contributed by atoms with Crippen molar-refractivity contribution in [3.8, 4) is 5.75 Å².